The molecule has 0 saturated carbocycles. The number of nitrogens with one attached hydrogen (secondary N) is 2. The van der Waals surface area contributed by atoms with Gasteiger partial charge < -0.3 is 20.5 Å². The molecule has 4 nitrogen and oxygen atoms in total. The fraction of sp³-hybridized carbons (Fsp3) is 0.0312. The molecule has 6 heteroatoms. The number of hydrogen-bond acceptors (Lipinski definition) is 4. The lowest BCUT2D eigenvalue weighted by molar-refractivity contribution is -0.255. The van der Waals surface area contributed by atoms with E-state index in [1.54, 1.807) is 12.1 Å². The van der Waals surface area contributed by atoms with Crippen molar-refractivity contribution in [3.05, 3.63) is 154 Å². The van der Waals surface area contributed by atoms with Crippen molar-refractivity contribution < 1.29 is 9.90 Å². The van der Waals surface area contributed by atoms with Crippen LogP contribution in [-0.4, -0.2) is 5.97 Å². The van der Waals surface area contributed by atoms with Crippen LogP contribution in [0.4, 0.5) is 22.7 Å². The first-order valence-corrected chi connectivity index (χ1v) is 12.8. The standard InChI is InChI=1S/C32H24Cl2N2O2/c33-24-10-16-27(17-11-24)35-25-12-6-22(7-13-25)31(21-4-2-1-3-5-21)23-8-14-26(15-9-23)36-28-18-19-30(34)29(20-28)32(37)38/h1-20,31,35-36H,(H,37,38)/p-1. The maximum Gasteiger partial charge on any atom is 0.0731 e. The van der Waals surface area contributed by atoms with E-state index in [9.17, 15) is 9.90 Å². The number of carboxylic acid groups (broad SMARTS) is 1. The van der Waals surface area contributed by atoms with E-state index in [4.69, 9.17) is 23.2 Å². The lowest BCUT2D eigenvalue weighted by atomic mass is 9.85. The summed E-state index contributed by atoms with van der Waals surface area (Å²) in [7, 11) is 0. The van der Waals surface area contributed by atoms with E-state index < -0.39 is 5.97 Å². The Hall–Kier alpha value is -4.25. The van der Waals surface area contributed by atoms with Gasteiger partial charge >= 0.3 is 0 Å². The highest BCUT2D eigenvalue weighted by Gasteiger charge is 2.17. The van der Waals surface area contributed by atoms with Gasteiger partial charge in [-0.1, -0.05) is 77.8 Å². The van der Waals surface area contributed by atoms with E-state index in [2.05, 4.69) is 59.2 Å². The molecule has 0 saturated heterocycles. The highest BCUT2D eigenvalue weighted by molar-refractivity contribution is 6.33. The average molecular weight is 538 g/mol. The second-order valence-corrected chi connectivity index (χ2v) is 9.67. The molecule has 0 aliphatic rings. The summed E-state index contributed by atoms with van der Waals surface area (Å²) in [5, 5.41) is 18.8. The molecule has 0 heterocycles. The Bertz CT molecular complexity index is 1540. The average Bonchev–Trinajstić information content (AvgIpc) is 2.93. The summed E-state index contributed by atoms with van der Waals surface area (Å²) in [5.74, 6) is -1.27. The van der Waals surface area contributed by atoms with Gasteiger partial charge in [-0.25, -0.2) is 0 Å². The molecule has 2 N–H and O–H groups in total. The molecular formula is C32H23Cl2N2O2-. The van der Waals surface area contributed by atoms with Crippen LogP contribution < -0.4 is 15.7 Å². The molecule has 0 amide bonds. The van der Waals surface area contributed by atoms with Crippen LogP contribution in [-0.2, 0) is 0 Å². The van der Waals surface area contributed by atoms with Gasteiger partial charge in [-0.2, -0.15) is 0 Å². The number of carboxylic acids is 1. The predicted octanol–water partition coefficient (Wildman–Crippen LogP) is 8.02. The molecule has 5 aromatic carbocycles. The van der Waals surface area contributed by atoms with Gasteiger partial charge in [0.1, 0.15) is 0 Å². The van der Waals surface area contributed by atoms with Gasteiger partial charge in [-0.15, -0.1) is 0 Å². The van der Waals surface area contributed by atoms with Crippen LogP contribution in [0.2, 0.25) is 10.0 Å². The van der Waals surface area contributed by atoms with Crippen molar-refractivity contribution in [2.75, 3.05) is 10.6 Å². The number of rotatable bonds is 8. The Balaban J connectivity index is 1.40. The first kappa shape index (κ1) is 25.4. The smallest absolute Gasteiger partial charge is 0.0731 e. The van der Waals surface area contributed by atoms with Crippen LogP contribution in [0.5, 0.6) is 0 Å². The summed E-state index contributed by atoms with van der Waals surface area (Å²) in [6.07, 6.45) is 0. The number of halogens is 2. The monoisotopic (exact) mass is 537 g/mol. The van der Waals surface area contributed by atoms with Gasteiger partial charge in [-0.05, 0) is 83.4 Å². The van der Waals surface area contributed by atoms with Crippen LogP contribution in [0.15, 0.2) is 121 Å². The second-order valence-electron chi connectivity index (χ2n) is 8.83. The van der Waals surface area contributed by atoms with Crippen LogP contribution in [0, 0.1) is 0 Å². The zero-order valence-electron chi connectivity index (χ0n) is 20.2. The van der Waals surface area contributed by atoms with Crippen molar-refractivity contribution in [2.24, 2.45) is 0 Å². The van der Waals surface area contributed by atoms with E-state index in [1.165, 1.54) is 11.6 Å². The lowest BCUT2D eigenvalue weighted by Gasteiger charge is -2.20. The van der Waals surface area contributed by atoms with E-state index in [0.29, 0.717) is 10.7 Å². The zero-order chi connectivity index (χ0) is 26.5. The Morgan fingerprint density at radius 3 is 1.55 bits per heavy atom. The van der Waals surface area contributed by atoms with Crippen molar-refractivity contribution in [2.45, 2.75) is 5.92 Å². The number of aromatic carboxylic acids is 1. The van der Waals surface area contributed by atoms with Gasteiger partial charge in [0.05, 0.1) is 5.97 Å². The van der Waals surface area contributed by atoms with Crippen molar-refractivity contribution in [1.29, 1.82) is 0 Å². The topological polar surface area (TPSA) is 64.2 Å². The van der Waals surface area contributed by atoms with E-state index in [1.807, 2.05) is 54.6 Å². The van der Waals surface area contributed by atoms with Crippen LogP contribution in [0.25, 0.3) is 0 Å². The Kier molecular flexibility index (Phi) is 7.64. The van der Waals surface area contributed by atoms with Gasteiger partial charge in [0.25, 0.3) is 0 Å². The summed E-state index contributed by atoms with van der Waals surface area (Å²) in [5.41, 5.74) is 6.83. The molecule has 1 unspecified atom stereocenters. The van der Waals surface area contributed by atoms with Crippen LogP contribution in [0.3, 0.4) is 0 Å². The Morgan fingerprint density at radius 2 is 1.03 bits per heavy atom. The van der Waals surface area contributed by atoms with Crippen molar-refractivity contribution in [3.63, 3.8) is 0 Å². The summed E-state index contributed by atoms with van der Waals surface area (Å²) < 4.78 is 0. The Labute approximate surface area is 231 Å². The number of benzene rings is 5. The third-order valence-corrected chi connectivity index (χ3v) is 6.81. The Morgan fingerprint density at radius 1 is 0.579 bits per heavy atom. The minimum Gasteiger partial charge on any atom is -0.545 e. The molecule has 0 aliphatic heterocycles. The summed E-state index contributed by atoms with van der Waals surface area (Å²) >= 11 is 12.0. The normalized spacial score (nSPS) is 11.5. The van der Waals surface area contributed by atoms with Crippen molar-refractivity contribution in [3.8, 4) is 0 Å². The van der Waals surface area contributed by atoms with Gasteiger partial charge in [0.15, 0.2) is 0 Å². The summed E-state index contributed by atoms with van der Waals surface area (Å²) in [6, 6.07) is 39.3. The van der Waals surface area contributed by atoms with E-state index >= 15 is 0 Å². The third kappa shape index (κ3) is 6.00. The van der Waals surface area contributed by atoms with E-state index in [-0.39, 0.29) is 16.5 Å². The quantitative estimate of drug-likeness (QED) is 0.196. The molecule has 0 radical (unpaired) electrons. The zero-order valence-corrected chi connectivity index (χ0v) is 21.7. The van der Waals surface area contributed by atoms with Crippen LogP contribution >= 0.6 is 23.2 Å². The molecular weight excluding hydrogens is 515 g/mol. The number of anilines is 4. The molecule has 188 valence electrons. The lowest BCUT2D eigenvalue weighted by Crippen LogP contribution is -2.22. The molecule has 0 aliphatic carbocycles. The highest BCUT2D eigenvalue weighted by atomic mass is 35.5. The van der Waals surface area contributed by atoms with Gasteiger partial charge in [0, 0.05) is 44.3 Å². The molecule has 0 aromatic heterocycles. The summed E-state index contributed by atoms with van der Waals surface area (Å²) in [4.78, 5) is 11.3. The fourth-order valence-corrected chi connectivity index (χ4v) is 4.69. The third-order valence-electron chi connectivity index (χ3n) is 6.23. The van der Waals surface area contributed by atoms with Gasteiger partial charge in [0.2, 0.25) is 0 Å². The molecule has 5 rings (SSSR count). The minimum atomic E-state index is -1.31. The predicted molar refractivity (Wildman–Crippen MR) is 154 cm³/mol. The molecule has 1 atom stereocenters. The maximum atomic E-state index is 11.3. The molecule has 0 spiro atoms. The molecule has 5 aromatic rings. The number of hydrogen-bond donors (Lipinski definition) is 2. The SMILES string of the molecule is O=C([O-])c1cc(Nc2ccc(C(c3ccccc3)c3ccc(Nc4ccc(Cl)cc4)cc3)cc2)ccc1Cl. The first-order chi connectivity index (χ1) is 18.5. The van der Waals surface area contributed by atoms with Crippen LogP contribution in [0.1, 0.15) is 33.0 Å². The summed E-state index contributed by atoms with van der Waals surface area (Å²) in [6.45, 7) is 0. The number of carbonyl (C=O) groups is 1. The number of carbonyl (C=O) groups excluding carboxylic acids is 1. The second kappa shape index (κ2) is 11.4. The van der Waals surface area contributed by atoms with Crippen molar-refractivity contribution in [1.82, 2.24) is 0 Å². The maximum absolute atomic E-state index is 11.3. The van der Waals surface area contributed by atoms with Crippen molar-refractivity contribution >= 4 is 51.9 Å². The molecule has 0 bridgehead atoms. The first-order valence-electron chi connectivity index (χ1n) is 12.0. The van der Waals surface area contributed by atoms with E-state index in [0.717, 1.165) is 28.2 Å². The molecule has 38 heavy (non-hydrogen) atoms. The minimum absolute atomic E-state index is 0.0371. The highest BCUT2D eigenvalue weighted by Crippen LogP contribution is 2.34. The fourth-order valence-electron chi connectivity index (χ4n) is 4.37. The molecule has 0 fully saturated rings. The largest absolute Gasteiger partial charge is 0.545 e. The van der Waals surface area contributed by atoms with Gasteiger partial charge in [-0.3, -0.25) is 0 Å².